The van der Waals surface area contributed by atoms with Gasteiger partial charge in [-0.3, -0.25) is 9.36 Å². The van der Waals surface area contributed by atoms with Crippen molar-refractivity contribution < 1.29 is 0 Å². The highest BCUT2D eigenvalue weighted by Crippen LogP contribution is 2.37. The van der Waals surface area contributed by atoms with Crippen molar-refractivity contribution in [1.29, 1.82) is 5.26 Å². The highest BCUT2D eigenvalue weighted by molar-refractivity contribution is 8.03. The molecule has 1 aromatic heterocycles. The second kappa shape index (κ2) is 3.59. The molecule has 2 rings (SSSR count). The van der Waals surface area contributed by atoms with Crippen molar-refractivity contribution in [3.63, 3.8) is 0 Å². The Hall–Kier alpha value is -1.48. The number of thioether (sulfide) groups is 1. The molecular weight excluding hydrogens is 214 g/mol. The lowest BCUT2D eigenvalue weighted by Crippen LogP contribution is -2.35. The third-order valence-corrected chi connectivity index (χ3v) is 3.47. The van der Waals surface area contributed by atoms with Crippen LogP contribution in [0.4, 0.5) is 0 Å². The summed E-state index contributed by atoms with van der Waals surface area (Å²) in [4.78, 5) is 25.7. The molecule has 0 radical (unpaired) electrons. The molecule has 0 spiro atoms. The minimum Gasteiger partial charge on any atom is -0.310 e. The van der Waals surface area contributed by atoms with Crippen molar-refractivity contribution in [2.75, 3.05) is 0 Å². The van der Waals surface area contributed by atoms with Gasteiger partial charge in [-0.2, -0.15) is 5.26 Å². The molecule has 5 nitrogen and oxygen atoms in total. The molecule has 1 unspecified atom stereocenters. The average molecular weight is 223 g/mol. The van der Waals surface area contributed by atoms with E-state index in [4.69, 9.17) is 5.26 Å². The minimum absolute atomic E-state index is 0.0633. The topological polar surface area (TPSA) is 78.7 Å². The first-order valence-corrected chi connectivity index (χ1v) is 5.40. The second-order valence-electron chi connectivity index (χ2n) is 3.42. The van der Waals surface area contributed by atoms with Gasteiger partial charge in [-0.15, -0.1) is 0 Å². The predicted octanol–water partition coefficient (Wildman–Crippen LogP) is 0.275. The third kappa shape index (κ3) is 1.49. The summed E-state index contributed by atoms with van der Waals surface area (Å²) in [6.07, 6.45) is 1.38. The van der Waals surface area contributed by atoms with Gasteiger partial charge < -0.3 is 4.98 Å². The monoisotopic (exact) mass is 223 g/mol. The zero-order valence-corrected chi connectivity index (χ0v) is 8.93. The van der Waals surface area contributed by atoms with E-state index in [-0.39, 0.29) is 10.8 Å². The largest absolute Gasteiger partial charge is 0.328 e. The number of aromatic amines is 1. The van der Waals surface area contributed by atoms with Crippen molar-refractivity contribution in [1.82, 2.24) is 9.55 Å². The van der Waals surface area contributed by atoms with E-state index in [1.54, 1.807) is 0 Å². The smallest absolute Gasteiger partial charge is 0.310 e. The first kappa shape index (κ1) is 10.1. The zero-order valence-electron chi connectivity index (χ0n) is 8.11. The Bertz CT molecular complexity index is 552. The number of aromatic nitrogens is 2. The van der Waals surface area contributed by atoms with Crippen LogP contribution in [0, 0.1) is 10.7 Å². The van der Waals surface area contributed by atoms with Gasteiger partial charge in [-0.05, 0) is 24.6 Å². The predicted molar refractivity (Wildman–Crippen MR) is 56.6 cm³/mol. The minimum atomic E-state index is -0.413. The van der Waals surface area contributed by atoms with Crippen molar-refractivity contribution in [3.05, 3.63) is 32.1 Å². The molecule has 0 aromatic carbocycles. The lowest BCUT2D eigenvalue weighted by atomic mass is 10.3. The van der Waals surface area contributed by atoms with Gasteiger partial charge in [0.05, 0.1) is 5.25 Å². The number of nitrogens with one attached hydrogen (secondary N) is 1. The Kier molecular flexibility index (Phi) is 2.40. The van der Waals surface area contributed by atoms with Gasteiger partial charge in [0.2, 0.25) is 0 Å². The Morgan fingerprint density at radius 2 is 2.33 bits per heavy atom. The van der Waals surface area contributed by atoms with E-state index in [1.165, 1.54) is 7.05 Å². The Balaban J connectivity index is 2.62. The first-order valence-electron chi connectivity index (χ1n) is 4.52. The number of nitrogens with zero attached hydrogens (tertiary/aromatic N) is 2. The molecule has 78 valence electrons. The molecule has 1 aliphatic rings. The number of hydrogen-bond acceptors (Lipinski definition) is 4. The van der Waals surface area contributed by atoms with E-state index in [1.807, 2.05) is 5.40 Å². The summed E-state index contributed by atoms with van der Waals surface area (Å²) < 4.78 is 1.07. The van der Waals surface area contributed by atoms with E-state index in [0.717, 1.165) is 22.7 Å². The zero-order chi connectivity index (χ0) is 11.0. The molecule has 0 aliphatic heterocycles. The van der Waals surface area contributed by atoms with Crippen molar-refractivity contribution in [2.24, 2.45) is 7.05 Å². The summed E-state index contributed by atoms with van der Waals surface area (Å²) in [5, 5.41) is 10.5. The molecule has 1 heterocycles. The fourth-order valence-electron chi connectivity index (χ4n) is 1.80. The molecular formula is C9H9N3O2S. The highest BCUT2D eigenvalue weighted by Gasteiger charge is 2.27. The fraction of sp³-hybridized carbons (Fsp3) is 0.444. The number of hydrogen-bond donors (Lipinski definition) is 1. The molecule has 0 amide bonds. The molecule has 1 aromatic rings. The maximum Gasteiger partial charge on any atom is 0.328 e. The molecule has 6 heteroatoms. The lowest BCUT2D eigenvalue weighted by Gasteiger charge is -2.05. The highest BCUT2D eigenvalue weighted by atomic mass is 32.2. The van der Waals surface area contributed by atoms with Gasteiger partial charge in [0.25, 0.3) is 5.56 Å². The van der Waals surface area contributed by atoms with Crippen LogP contribution in [0.3, 0.4) is 0 Å². The van der Waals surface area contributed by atoms with E-state index < -0.39 is 5.69 Å². The lowest BCUT2D eigenvalue weighted by molar-refractivity contribution is 0.753. The maximum atomic E-state index is 11.7. The van der Waals surface area contributed by atoms with E-state index in [0.29, 0.717) is 17.7 Å². The number of rotatable bonds is 1. The van der Waals surface area contributed by atoms with Gasteiger partial charge in [0, 0.05) is 18.3 Å². The standard InChI is InChI=1S/C9H9N3O2S/c1-12-8(13)5-2-3-6(15-4-10)7(5)11-9(12)14/h6H,2-3H2,1H3,(H,11,14). The van der Waals surface area contributed by atoms with E-state index in [9.17, 15) is 9.59 Å². The van der Waals surface area contributed by atoms with Gasteiger partial charge in [0.1, 0.15) is 5.40 Å². The van der Waals surface area contributed by atoms with Crippen LogP contribution >= 0.6 is 11.8 Å². The number of thiocyanates is 1. The van der Waals surface area contributed by atoms with Gasteiger partial charge >= 0.3 is 5.69 Å². The van der Waals surface area contributed by atoms with Crippen LogP contribution < -0.4 is 11.2 Å². The quantitative estimate of drug-likeness (QED) is 0.693. The first-order chi connectivity index (χ1) is 7.15. The summed E-state index contributed by atoms with van der Waals surface area (Å²) in [5.41, 5.74) is 0.624. The fourth-order valence-corrected chi connectivity index (χ4v) is 2.48. The number of fused-ring (bicyclic) bond motifs is 1. The van der Waals surface area contributed by atoms with Crippen LogP contribution in [0.5, 0.6) is 0 Å². The van der Waals surface area contributed by atoms with Gasteiger partial charge in [0.15, 0.2) is 0 Å². The van der Waals surface area contributed by atoms with Gasteiger partial charge in [-0.1, -0.05) is 0 Å². The maximum absolute atomic E-state index is 11.7. The van der Waals surface area contributed by atoms with Crippen molar-refractivity contribution >= 4 is 11.8 Å². The van der Waals surface area contributed by atoms with Crippen LogP contribution in [0.15, 0.2) is 9.59 Å². The normalized spacial score (nSPS) is 18.5. The summed E-state index contributed by atoms with van der Waals surface area (Å²) in [6, 6.07) is 0. The van der Waals surface area contributed by atoms with Crippen molar-refractivity contribution in [2.45, 2.75) is 18.1 Å². The van der Waals surface area contributed by atoms with Crippen LogP contribution in [0.1, 0.15) is 22.9 Å². The van der Waals surface area contributed by atoms with Crippen LogP contribution in [0.2, 0.25) is 0 Å². The SMILES string of the molecule is Cn1c(=O)[nH]c2c(c1=O)CCC2SC#N. The summed E-state index contributed by atoms with van der Waals surface area (Å²) >= 11 is 1.09. The number of nitriles is 1. The molecule has 1 aliphatic carbocycles. The summed E-state index contributed by atoms with van der Waals surface area (Å²) in [7, 11) is 1.45. The Morgan fingerprint density at radius 1 is 1.60 bits per heavy atom. The molecule has 0 bridgehead atoms. The molecule has 15 heavy (non-hydrogen) atoms. The Morgan fingerprint density at radius 3 is 3.00 bits per heavy atom. The van der Waals surface area contributed by atoms with Crippen LogP contribution in [0.25, 0.3) is 0 Å². The third-order valence-electron chi connectivity index (χ3n) is 2.61. The molecule has 0 fully saturated rings. The van der Waals surface area contributed by atoms with Crippen LogP contribution in [-0.2, 0) is 13.5 Å². The number of H-pyrrole nitrogens is 1. The van der Waals surface area contributed by atoms with Gasteiger partial charge in [-0.25, -0.2) is 4.79 Å². The average Bonchev–Trinajstić information content (AvgIpc) is 2.59. The molecule has 1 atom stereocenters. The van der Waals surface area contributed by atoms with Crippen LogP contribution in [-0.4, -0.2) is 9.55 Å². The summed E-state index contributed by atoms with van der Waals surface area (Å²) in [6.45, 7) is 0. The summed E-state index contributed by atoms with van der Waals surface area (Å²) in [5.74, 6) is 0. The molecule has 0 saturated heterocycles. The Labute approximate surface area is 89.7 Å². The second-order valence-corrected chi connectivity index (χ2v) is 4.41. The van der Waals surface area contributed by atoms with Crippen molar-refractivity contribution in [3.8, 4) is 5.40 Å². The van der Waals surface area contributed by atoms with E-state index >= 15 is 0 Å². The molecule has 1 N–H and O–H groups in total. The van der Waals surface area contributed by atoms with E-state index in [2.05, 4.69) is 4.98 Å². The molecule has 0 saturated carbocycles.